The lowest BCUT2D eigenvalue weighted by Crippen LogP contribution is -2.06. The van der Waals surface area contributed by atoms with Crippen molar-refractivity contribution in [2.75, 3.05) is 5.32 Å². The first-order valence-corrected chi connectivity index (χ1v) is 6.98. The molecule has 4 heteroatoms. The zero-order valence-electron chi connectivity index (χ0n) is 10.8. The third kappa shape index (κ3) is 2.60. The van der Waals surface area contributed by atoms with E-state index in [4.69, 9.17) is 4.42 Å². The van der Waals surface area contributed by atoms with Gasteiger partial charge in [0.15, 0.2) is 0 Å². The SMILES string of the molecule is Cc1cccc(Nc2cc3cc(Br)ccc3oc2=O)c1. The fraction of sp³-hybridized carbons (Fsp3) is 0.0625. The van der Waals surface area contributed by atoms with Gasteiger partial charge in [0.1, 0.15) is 11.3 Å². The van der Waals surface area contributed by atoms with Crippen LogP contribution in [0.4, 0.5) is 11.4 Å². The molecule has 3 aromatic rings. The average Bonchev–Trinajstić information content (AvgIpc) is 2.40. The normalized spacial score (nSPS) is 10.7. The van der Waals surface area contributed by atoms with Crippen molar-refractivity contribution in [2.45, 2.75) is 6.92 Å². The van der Waals surface area contributed by atoms with E-state index in [2.05, 4.69) is 21.2 Å². The molecule has 0 spiro atoms. The van der Waals surface area contributed by atoms with Gasteiger partial charge in [-0.1, -0.05) is 28.1 Å². The summed E-state index contributed by atoms with van der Waals surface area (Å²) in [5.41, 5.74) is 2.63. The van der Waals surface area contributed by atoms with Crippen molar-refractivity contribution in [3.63, 3.8) is 0 Å². The smallest absolute Gasteiger partial charge is 0.360 e. The van der Waals surface area contributed by atoms with Gasteiger partial charge in [0.05, 0.1) is 0 Å². The van der Waals surface area contributed by atoms with Crippen LogP contribution in [0.3, 0.4) is 0 Å². The Hall–Kier alpha value is -2.07. The Balaban J connectivity index is 2.07. The lowest BCUT2D eigenvalue weighted by molar-refractivity contribution is 0.564. The molecule has 0 aliphatic rings. The van der Waals surface area contributed by atoms with Gasteiger partial charge in [0, 0.05) is 15.5 Å². The zero-order chi connectivity index (χ0) is 14.1. The molecular formula is C16H12BrNO2. The fourth-order valence-corrected chi connectivity index (χ4v) is 2.44. The maximum Gasteiger partial charge on any atom is 0.360 e. The van der Waals surface area contributed by atoms with E-state index in [0.29, 0.717) is 11.3 Å². The number of benzene rings is 2. The van der Waals surface area contributed by atoms with Gasteiger partial charge in [-0.25, -0.2) is 4.79 Å². The topological polar surface area (TPSA) is 42.2 Å². The summed E-state index contributed by atoms with van der Waals surface area (Å²) in [6.45, 7) is 2.01. The summed E-state index contributed by atoms with van der Waals surface area (Å²) < 4.78 is 6.26. The summed E-state index contributed by atoms with van der Waals surface area (Å²) >= 11 is 3.41. The van der Waals surface area contributed by atoms with Crippen molar-refractivity contribution >= 4 is 38.3 Å². The van der Waals surface area contributed by atoms with Crippen LogP contribution in [0.15, 0.2) is 62.2 Å². The third-order valence-corrected chi connectivity index (χ3v) is 3.48. The average molecular weight is 330 g/mol. The highest BCUT2D eigenvalue weighted by Crippen LogP contribution is 2.22. The molecule has 0 saturated heterocycles. The molecule has 0 unspecified atom stereocenters. The van der Waals surface area contributed by atoms with E-state index in [9.17, 15) is 4.79 Å². The van der Waals surface area contributed by atoms with Gasteiger partial charge >= 0.3 is 5.63 Å². The molecule has 100 valence electrons. The number of nitrogens with one attached hydrogen (secondary N) is 1. The van der Waals surface area contributed by atoms with Crippen LogP contribution in [0.25, 0.3) is 11.0 Å². The van der Waals surface area contributed by atoms with E-state index in [1.54, 1.807) is 12.1 Å². The monoisotopic (exact) mass is 329 g/mol. The third-order valence-electron chi connectivity index (χ3n) is 2.99. The predicted molar refractivity (Wildman–Crippen MR) is 84.6 cm³/mol. The Morgan fingerprint density at radius 1 is 1.10 bits per heavy atom. The van der Waals surface area contributed by atoms with Crippen molar-refractivity contribution in [3.8, 4) is 0 Å². The highest BCUT2D eigenvalue weighted by Gasteiger charge is 2.06. The first-order valence-electron chi connectivity index (χ1n) is 6.19. The van der Waals surface area contributed by atoms with E-state index in [-0.39, 0.29) is 5.63 Å². The molecular weight excluding hydrogens is 318 g/mol. The Kier molecular flexibility index (Phi) is 3.32. The molecule has 20 heavy (non-hydrogen) atoms. The standard InChI is InChI=1S/C16H12BrNO2/c1-10-3-2-4-13(7-10)18-14-9-11-8-12(17)5-6-15(11)20-16(14)19/h2-9,18H,1H3. The molecule has 0 saturated carbocycles. The molecule has 0 bridgehead atoms. The summed E-state index contributed by atoms with van der Waals surface area (Å²) in [6.07, 6.45) is 0. The maximum atomic E-state index is 12.0. The Morgan fingerprint density at radius 2 is 1.95 bits per heavy atom. The van der Waals surface area contributed by atoms with Gasteiger partial charge in [0.25, 0.3) is 0 Å². The van der Waals surface area contributed by atoms with Crippen molar-refractivity contribution in [3.05, 3.63) is 69.0 Å². The second-order valence-electron chi connectivity index (χ2n) is 4.62. The minimum absolute atomic E-state index is 0.374. The summed E-state index contributed by atoms with van der Waals surface area (Å²) in [5.74, 6) is 0. The van der Waals surface area contributed by atoms with Gasteiger partial charge in [-0.3, -0.25) is 0 Å². The van der Waals surface area contributed by atoms with Crippen LogP contribution in [0.2, 0.25) is 0 Å². The first kappa shape index (κ1) is 12.9. The van der Waals surface area contributed by atoms with Gasteiger partial charge in [-0.2, -0.15) is 0 Å². The van der Waals surface area contributed by atoms with Crippen molar-refractivity contribution in [1.82, 2.24) is 0 Å². The van der Waals surface area contributed by atoms with E-state index in [1.165, 1.54) is 0 Å². The minimum atomic E-state index is -0.374. The molecule has 2 aromatic carbocycles. The molecule has 0 aliphatic heterocycles. The molecule has 3 nitrogen and oxygen atoms in total. The van der Waals surface area contributed by atoms with E-state index < -0.39 is 0 Å². The summed E-state index contributed by atoms with van der Waals surface area (Å²) in [6, 6.07) is 15.2. The van der Waals surface area contributed by atoms with Crippen LogP contribution in [-0.4, -0.2) is 0 Å². The van der Waals surface area contributed by atoms with Gasteiger partial charge in [-0.05, 0) is 48.9 Å². The lowest BCUT2D eigenvalue weighted by Gasteiger charge is -2.07. The molecule has 3 rings (SSSR count). The van der Waals surface area contributed by atoms with Crippen LogP contribution < -0.4 is 10.9 Å². The quantitative estimate of drug-likeness (QED) is 0.698. The number of rotatable bonds is 2. The first-order chi connectivity index (χ1) is 9.61. The second-order valence-corrected chi connectivity index (χ2v) is 5.54. The molecule has 0 radical (unpaired) electrons. The summed E-state index contributed by atoms with van der Waals surface area (Å²) in [7, 11) is 0. The second kappa shape index (κ2) is 5.13. The van der Waals surface area contributed by atoms with Crippen molar-refractivity contribution < 1.29 is 4.42 Å². The maximum absolute atomic E-state index is 12.0. The van der Waals surface area contributed by atoms with E-state index in [0.717, 1.165) is 21.1 Å². The highest BCUT2D eigenvalue weighted by atomic mass is 79.9. The lowest BCUT2D eigenvalue weighted by atomic mass is 10.2. The number of aryl methyl sites for hydroxylation is 1. The number of halogens is 1. The fourth-order valence-electron chi connectivity index (χ4n) is 2.06. The predicted octanol–water partition coefficient (Wildman–Crippen LogP) is 4.61. The number of hydrogen-bond acceptors (Lipinski definition) is 3. The zero-order valence-corrected chi connectivity index (χ0v) is 12.4. The van der Waals surface area contributed by atoms with Crippen LogP contribution >= 0.6 is 15.9 Å². The van der Waals surface area contributed by atoms with E-state index in [1.807, 2.05) is 43.3 Å². The van der Waals surface area contributed by atoms with Crippen LogP contribution in [0, 0.1) is 6.92 Å². The highest BCUT2D eigenvalue weighted by molar-refractivity contribution is 9.10. The Morgan fingerprint density at radius 3 is 2.75 bits per heavy atom. The number of hydrogen-bond donors (Lipinski definition) is 1. The van der Waals surface area contributed by atoms with Gasteiger partial charge in [0.2, 0.25) is 0 Å². The molecule has 0 fully saturated rings. The Labute approximate surface area is 124 Å². The van der Waals surface area contributed by atoms with E-state index >= 15 is 0 Å². The molecule has 1 aromatic heterocycles. The molecule has 0 aliphatic carbocycles. The molecule has 0 amide bonds. The summed E-state index contributed by atoms with van der Waals surface area (Å²) in [5, 5.41) is 3.97. The molecule has 1 heterocycles. The molecule has 1 N–H and O–H groups in total. The van der Waals surface area contributed by atoms with Crippen LogP contribution in [-0.2, 0) is 0 Å². The van der Waals surface area contributed by atoms with Crippen LogP contribution in [0.1, 0.15) is 5.56 Å². The van der Waals surface area contributed by atoms with Crippen LogP contribution in [0.5, 0.6) is 0 Å². The molecule has 0 atom stereocenters. The van der Waals surface area contributed by atoms with Gasteiger partial charge in [-0.15, -0.1) is 0 Å². The van der Waals surface area contributed by atoms with Gasteiger partial charge < -0.3 is 9.73 Å². The van der Waals surface area contributed by atoms with Crippen molar-refractivity contribution in [1.29, 1.82) is 0 Å². The Bertz CT molecular complexity index is 839. The minimum Gasteiger partial charge on any atom is -0.421 e. The summed E-state index contributed by atoms with van der Waals surface area (Å²) in [4.78, 5) is 12.0. The number of anilines is 2. The van der Waals surface area contributed by atoms with Crippen molar-refractivity contribution in [2.24, 2.45) is 0 Å². The largest absolute Gasteiger partial charge is 0.421 e. The number of fused-ring (bicyclic) bond motifs is 1.